The topological polar surface area (TPSA) is 108 Å². The highest BCUT2D eigenvalue weighted by molar-refractivity contribution is 5.92. The van der Waals surface area contributed by atoms with Crippen molar-refractivity contribution in [3.63, 3.8) is 0 Å². The van der Waals surface area contributed by atoms with Gasteiger partial charge in [0.25, 0.3) is 11.5 Å². The molecule has 2 aromatic heterocycles. The number of benzene rings is 4. The number of halogens is 1. The van der Waals surface area contributed by atoms with Crippen molar-refractivity contribution >= 4 is 39.7 Å². The van der Waals surface area contributed by atoms with E-state index >= 15 is 0 Å². The van der Waals surface area contributed by atoms with Crippen LogP contribution in [0.5, 0.6) is 11.5 Å². The molecule has 1 amide bonds. The van der Waals surface area contributed by atoms with Crippen molar-refractivity contribution < 1.29 is 23.1 Å². The maximum atomic E-state index is 13.8. The summed E-state index contributed by atoms with van der Waals surface area (Å²) in [5, 5.41) is 8.07. The number of ether oxygens (including phenoxy) is 2. The fourth-order valence-electron chi connectivity index (χ4n) is 4.42. The highest BCUT2D eigenvalue weighted by Gasteiger charge is 2.18. The van der Waals surface area contributed by atoms with E-state index in [-0.39, 0.29) is 23.7 Å². The number of rotatable bonds is 8. The molecule has 208 valence electrons. The predicted octanol–water partition coefficient (Wildman–Crippen LogP) is 5.86. The smallest absolute Gasteiger partial charge is 0.282 e. The van der Waals surface area contributed by atoms with Crippen LogP contribution >= 0.6 is 0 Å². The van der Waals surface area contributed by atoms with Gasteiger partial charge in [-0.2, -0.15) is 9.78 Å². The molecule has 1 N–H and O–H groups in total. The number of anilines is 1. The molecule has 0 saturated carbocycles. The summed E-state index contributed by atoms with van der Waals surface area (Å²) >= 11 is 0. The molecular weight excluding hydrogens is 539 g/mol. The Morgan fingerprint density at radius 3 is 2.67 bits per heavy atom. The van der Waals surface area contributed by atoms with Gasteiger partial charge in [0.2, 0.25) is 5.82 Å². The average Bonchev–Trinajstić information content (AvgIpc) is 3.45. The van der Waals surface area contributed by atoms with Crippen molar-refractivity contribution in [3.05, 3.63) is 119 Å². The van der Waals surface area contributed by atoms with Gasteiger partial charge in [0.05, 0.1) is 35.3 Å². The molecule has 9 nitrogen and oxygen atoms in total. The number of furan rings is 1. The Morgan fingerprint density at radius 2 is 1.81 bits per heavy atom. The number of amides is 1. The van der Waals surface area contributed by atoms with E-state index in [0.717, 1.165) is 5.39 Å². The Bertz CT molecular complexity index is 2030. The van der Waals surface area contributed by atoms with Crippen LogP contribution in [0.15, 0.2) is 111 Å². The summed E-state index contributed by atoms with van der Waals surface area (Å²) in [6, 6.07) is 26.9. The quantitative estimate of drug-likeness (QED) is 0.233. The van der Waals surface area contributed by atoms with Crippen LogP contribution in [-0.2, 0) is 4.79 Å². The first kappa shape index (κ1) is 26.5. The number of fused-ring (bicyclic) bond motifs is 2. The number of aromatic nitrogens is 2. The molecule has 0 radical (unpaired) electrons. The molecule has 0 spiro atoms. The minimum atomic E-state index is -0.538. The molecule has 0 atom stereocenters. The van der Waals surface area contributed by atoms with Crippen molar-refractivity contribution in [2.75, 3.05) is 19.0 Å². The summed E-state index contributed by atoms with van der Waals surface area (Å²) in [6.45, 7) is -0.331. The molecule has 0 saturated heterocycles. The van der Waals surface area contributed by atoms with Gasteiger partial charge in [-0.3, -0.25) is 9.59 Å². The summed E-state index contributed by atoms with van der Waals surface area (Å²) < 4.78 is 32.1. The van der Waals surface area contributed by atoms with Gasteiger partial charge in [0, 0.05) is 0 Å². The minimum Gasteiger partial charge on any atom is -0.496 e. The molecule has 42 heavy (non-hydrogen) atoms. The molecule has 0 fully saturated rings. The number of methoxy groups -OCH3 is 1. The minimum absolute atomic E-state index is 0.0696. The SMILES string of the molecule is COc1cccc2oc(-c3nc4ccccc4c(=O)n3N=Cc3cccc(OCC(=O)Nc4ccccc4F)c3)cc12. The molecule has 2 heterocycles. The van der Waals surface area contributed by atoms with Gasteiger partial charge in [-0.05, 0) is 60.2 Å². The number of para-hydroxylation sites is 2. The summed E-state index contributed by atoms with van der Waals surface area (Å²) in [6.07, 6.45) is 1.48. The number of carbonyl (C=O) groups is 1. The lowest BCUT2D eigenvalue weighted by Crippen LogP contribution is -2.21. The standard InChI is InChI=1S/C32H23FN4O5/c1-40-27-14-7-15-28-23(27)17-29(42-28)31-36-25-12-4-2-10-22(25)32(39)37(31)34-18-20-8-6-9-21(16-20)41-19-30(38)35-26-13-5-3-11-24(26)33/h2-18H,19H2,1H3,(H,35,38). The first-order chi connectivity index (χ1) is 20.5. The van der Waals surface area contributed by atoms with Gasteiger partial charge in [-0.25, -0.2) is 9.37 Å². The number of hydrogen-bond donors (Lipinski definition) is 1. The Hall–Kier alpha value is -5.77. The van der Waals surface area contributed by atoms with Gasteiger partial charge in [-0.1, -0.05) is 42.5 Å². The normalized spacial score (nSPS) is 11.3. The number of nitrogens with zero attached hydrogens (tertiary/aromatic N) is 3. The first-order valence-corrected chi connectivity index (χ1v) is 12.9. The van der Waals surface area contributed by atoms with Gasteiger partial charge in [0.1, 0.15) is 22.9 Å². The van der Waals surface area contributed by atoms with Crippen LogP contribution in [0.25, 0.3) is 33.5 Å². The summed E-state index contributed by atoms with van der Waals surface area (Å²) in [7, 11) is 1.57. The molecule has 0 bridgehead atoms. The predicted molar refractivity (Wildman–Crippen MR) is 158 cm³/mol. The van der Waals surface area contributed by atoms with E-state index in [4.69, 9.17) is 18.9 Å². The maximum absolute atomic E-state index is 13.8. The van der Waals surface area contributed by atoms with Crippen LogP contribution in [-0.4, -0.2) is 35.5 Å². The summed E-state index contributed by atoms with van der Waals surface area (Å²) in [5.41, 5.74) is 1.36. The third kappa shape index (κ3) is 5.33. The third-order valence-corrected chi connectivity index (χ3v) is 6.41. The highest BCUT2D eigenvalue weighted by Crippen LogP contribution is 2.32. The van der Waals surface area contributed by atoms with Crippen LogP contribution in [0.2, 0.25) is 0 Å². The van der Waals surface area contributed by atoms with Crippen LogP contribution in [0.3, 0.4) is 0 Å². The molecule has 0 unspecified atom stereocenters. The lowest BCUT2D eigenvalue weighted by atomic mass is 10.2. The Labute approximate surface area is 238 Å². The molecule has 6 rings (SSSR count). The first-order valence-electron chi connectivity index (χ1n) is 12.9. The molecule has 0 aliphatic heterocycles. The summed E-state index contributed by atoms with van der Waals surface area (Å²) in [4.78, 5) is 30.5. The largest absolute Gasteiger partial charge is 0.496 e. The Kier molecular flexibility index (Phi) is 7.17. The van der Waals surface area contributed by atoms with E-state index in [9.17, 15) is 14.0 Å². The van der Waals surface area contributed by atoms with E-state index in [0.29, 0.717) is 39.3 Å². The van der Waals surface area contributed by atoms with Gasteiger partial charge in [-0.15, -0.1) is 0 Å². The van der Waals surface area contributed by atoms with Crippen LogP contribution < -0.4 is 20.3 Å². The van der Waals surface area contributed by atoms with E-state index in [1.807, 2.05) is 12.1 Å². The lowest BCUT2D eigenvalue weighted by molar-refractivity contribution is -0.118. The molecule has 4 aromatic carbocycles. The van der Waals surface area contributed by atoms with E-state index < -0.39 is 11.7 Å². The van der Waals surface area contributed by atoms with Gasteiger partial charge < -0.3 is 19.2 Å². The second-order valence-corrected chi connectivity index (χ2v) is 9.19. The van der Waals surface area contributed by atoms with Crippen molar-refractivity contribution in [1.82, 2.24) is 9.66 Å². The second-order valence-electron chi connectivity index (χ2n) is 9.19. The zero-order valence-electron chi connectivity index (χ0n) is 22.3. The maximum Gasteiger partial charge on any atom is 0.282 e. The molecule has 10 heteroatoms. The van der Waals surface area contributed by atoms with Crippen LogP contribution in [0, 0.1) is 5.82 Å². The number of carbonyl (C=O) groups excluding carboxylic acids is 1. The highest BCUT2D eigenvalue weighted by atomic mass is 19.1. The van der Waals surface area contributed by atoms with Crippen LogP contribution in [0.4, 0.5) is 10.1 Å². The number of hydrogen-bond acceptors (Lipinski definition) is 7. The van der Waals surface area contributed by atoms with Crippen molar-refractivity contribution in [3.8, 4) is 23.1 Å². The fraction of sp³-hybridized carbons (Fsp3) is 0.0625. The fourth-order valence-corrected chi connectivity index (χ4v) is 4.42. The molecule has 6 aromatic rings. The van der Waals surface area contributed by atoms with Gasteiger partial charge >= 0.3 is 0 Å². The molecule has 0 aliphatic rings. The van der Waals surface area contributed by atoms with Gasteiger partial charge in [0.15, 0.2) is 12.4 Å². The third-order valence-electron chi connectivity index (χ3n) is 6.41. The average molecular weight is 563 g/mol. The van der Waals surface area contributed by atoms with E-state index in [1.54, 1.807) is 73.8 Å². The lowest BCUT2D eigenvalue weighted by Gasteiger charge is -2.09. The molecular formula is C32H23FN4O5. The molecule has 0 aliphatic carbocycles. The second kappa shape index (κ2) is 11.4. The number of nitrogens with one attached hydrogen (secondary N) is 1. The van der Waals surface area contributed by atoms with Crippen molar-refractivity contribution in [2.24, 2.45) is 5.10 Å². The Morgan fingerprint density at radius 1 is 1.00 bits per heavy atom. The van der Waals surface area contributed by atoms with Crippen LogP contribution in [0.1, 0.15) is 5.56 Å². The zero-order chi connectivity index (χ0) is 29.1. The Balaban J connectivity index is 1.30. The van der Waals surface area contributed by atoms with E-state index in [2.05, 4.69) is 10.4 Å². The zero-order valence-corrected chi connectivity index (χ0v) is 22.3. The van der Waals surface area contributed by atoms with E-state index in [1.165, 1.54) is 29.1 Å². The van der Waals surface area contributed by atoms with Crippen molar-refractivity contribution in [2.45, 2.75) is 0 Å². The summed E-state index contributed by atoms with van der Waals surface area (Å²) in [5.74, 6) is 0.512. The van der Waals surface area contributed by atoms with Crippen molar-refractivity contribution in [1.29, 1.82) is 0 Å². The monoisotopic (exact) mass is 562 g/mol.